The van der Waals surface area contributed by atoms with Crippen molar-refractivity contribution in [1.82, 2.24) is 20.1 Å². The summed E-state index contributed by atoms with van der Waals surface area (Å²) < 4.78 is 0. The zero-order valence-electron chi connectivity index (χ0n) is 16.0. The molecule has 0 unspecified atom stereocenters. The Morgan fingerprint density at radius 3 is 2.43 bits per heavy atom. The van der Waals surface area contributed by atoms with Gasteiger partial charge in [0.15, 0.2) is 11.6 Å². The number of nitro benzene ring substituents is 1. The van der Waals surface area contributed by atoms with Gasteiger partial charge >= 0.3 is 0 Å². The third-order valence-corrected chi connectivity index (χ3v) is 4.80. The van der Waals surface area contributed by atoms with E-state index in [9.17, 15) is 14.9 Å². The van der Waals surface area contributed by atoms with Gasteiger partial charge < -0.3 is 15.1 Å². The number of piperazine rings is 1. The van der Waals surface area contributed by atoms with Crippen molar-refractivity contribution in [2.75, 3.05) is 36.4 Å². The second-order valence-electron chi connectivity index (χ2n) is 6.72. The predicted molar refractivity (Wildman–Crippen MR) is 111 cm³/mol. The topological polar surface area (TPSA) is 117 Å². The largest absolute Gasteiger partial charge is 0.352 e. The Hall–Kier alpha value is -4.08. The van der Waals surface area contributed by atoms with Crippen LogP contribution in [0.4, 0.5) is 23.0 Å². The summed E-state index contributed by atoms with van der Waals surface area (Å²) in [5.41, 5.74) is 1.11. The molecule has 152 valence electrons. The van der Waals surface area contributed by atoms with Crippen LogP contribution >= 0.6 is 0 Å². The van der Waals surface area contributed by atoms with Crippen molar-refractivity contribution in [3.63, 3.8) is 0 Å². The van der Waals surface area contributed by atoms with E-state index < -0.39 is 4.92 Å². The maximum Gasteiger partial charge on any atom is 0.270 e. The van der Waals surface area contributed by atoms with Gasteiger partial charge in [-0.25, -0.2) is 0 Å². The van der Waals surface area contributed by atoms with Crippen molar-refractivity contribution < 1.29 is 9.72 Å². The van der Waals surface area contributed by atoms with Gasteiger partial charge in [-0.2, -0.15) is 0 Å². The quantitative estimate of drug-likeness (QED) is 0.508. The molecule has 0 atom stereocenters. The number of anilines is 3. The van der Waals surface area contributed by atoms with E-state index in [1.54, 1.807) is 23.4 Å². The molecule has 1 amide bonds. The maximum absolute atomic E-state index is 12.7. The van der Waals surface area contributed by atoms with E-state index in [1.165, 1.54) is 18.2 Å². The molecule has 10 heteroatoms. The van der Waals surface area contributed by atoms with E-state index >= 15 is 0 Å². The molecule has 0 bridgehead atoms. The van der Waals surface area contributed by atoms with E-state index in [4.69, 9.17) is 0 Å². The number of pyridine rings is 1. The number of nitro groups is 1. The highest BCUT2D eigenvalue weighted by molar-refractivity contribution is 5.95. The van der Waals surface area contributed by atoms with Gasteiger partial charge in [0.2, 0.25) is 0 Å². The normalized spacial score (nSPS) is 13.7. The van der Waals surface area contributed by atoms with E-state index in [2.05, 4.69) is 25.4 Å². The van der Waals surface area contributed by atoms with Crippen molar-refractivity contribution in [3.05, 3.63) is 76.6 Å². The lowest BCUT2D eigenvalue weighted by Crippen LogP contribution is -2.49. The second kappa shape index (κ2) is 8.52. The molecule has 1 N–H and O–H groups in total. The van der Waals surface area contributed by atoms with E-state index in [-0.39, 0.29) is 11.6 Å². The Labute approximate surface area is 172 Å². The van der Waals surface area contributed by atoms with Crippen LogP contribution in [0.15, 0.2) is 60.9 Å². The van der Waals surface area contributed by atoms with Crippen LogP contribution in [0.3, 0.4) is 0 Å². The van der Waals surface area contributed by atoms with E-state index in [1.807, 2.05) is 24.3 Å². The first-order valence-corrected chi connectivity index (χ1v) is 9.39. The summed E-state index contributed by atoms with van der Waals surface area (Å²) in [6.45, 7) is 2.21. The number of hydrogen-bond donors (Lipinski definition) is 1. The molecule has 4 rings (SSSR count). The van der Waals surface area contributed by atoms with Crippen LogP contribution in [-0.4, -0.2) is 57.1 Å². The Morgan fingerprint density at radius 2 is 1.77 bits per heavy atom. The molecule has 0 aliphatic carbocycles. The molecular formula is C20H19N7O3. The number of carbonyl (C=O) groups excluding carboxylic acids is 1. The minimum Gasteiger partial charge on any atom is -0.352 e. The van der Waals surface area contributed by atoms with Gasteiger partial charge in [-0.05, 0) is 30.3 Å². The zero-order chi connectivity index (χ0) is 20.9. The molecule has 30 heavy (non-hydrogen) atoms. The smallest absolute Gasteiger partial charge is 0.270 e. The van der Waals surface area contributed by atoms with Gasteiger partial charge in [0, 0.05) is 62.0 Å². The molecule has 0 spiro atoms. The minimum absolute atomic E-state index is 0.0878. The van der Waals surface area contributed by atoms with Crippen LogP contribution in [0.25, 0.3) is 0 Å². The van der Waals surface area contributed by atoms with Crippen molar-refractivity contribution in [1.29, 1.82) is 0 Å². The van der Waals surface area contributed by atoms with Crippen molar-refractivity contribution in [2.45, 2.75) is 0 Å². The number of aromatic nitrogens is 3. The fraction of sp³-hybridized carbons (Fsp3) is 0.200. The molecule has 10 nitrogen and oxygen atoms in total. The van der Waals surface area contributed by atoms with Gasteiger partial charge in [0.1, 0.15) is 0 Å². The van der Waals surface area contributed by atoms with Gasteiger partial charge in [-0.1, -0.05) is 6.07 Å². The molecule has 1 fully saturated rings. The number of nitrogens with one attached hydrogen (secondary N) is 1. The molecule has 0 radical (unpaired) electrons. The average Bonchev–Trinajstić information content (AvgIpc) is 2.80. The third-order valence-electron chi connectivity index (χ3n) is 4.80. The molecular weight excluding hydrogens is 386 g/mol. The van der Waals surface area contributed by atoms with Crippen LogP contribution in [0.5, 0.6) is 0 Å². The van der Waals surface area contributed by atoms with Crippen LogP contribution in [0.2, 0.25) is 0 Å². The first kappa shape index (κ1) is 19.2. The van der Waals surface area contributed by atoms with E-state index in [0.717, 1.165) is 11.5 Å². The first-order chi connectivity index (χ1) is 14.6. The summed E-state index contributed by atoms with van der Waals surface area (Å²) >= 11 is 0. The van der Waals surface area contributed by atoms with E-state index in [0.29, 0.717) is 37.6 Å². The summed E-state index contributed by atoms with van der Waals surface area (Å²) in [5, 5.41) is 22.6. The zero-order valence-corrected chi connectivity index (χ0v) is 16.0. The molecule has 1 aromatic carbocycles. The lowest BCUT2D eigenvalue weighted by Gasteiger charge is -2.35. The number of nitrogens with zero attached hydrogens (tertiary/aromatic N) is 6. The van der Waals surface area contributed by atoms with Crippen LogP contribution in [0.1, 0.15) is 10.4 Å². The van der Waals surface area contributed by atoms with Crippen molar-refractivity contribution >= 4 is 28.9 Å². The summed E-state index contributed by atoms with van der Waals surface area (Å²) in [4.78, 5) is 30.8. The number of benzene rings is 1. The van der Waals surface area contributed by atoms with Crippen LogP contribution in [0, 0.1) is 10.1 Å². The molecule has 3 aromatic rings. The van der Waals surface area contributed by atoms with Gasteiger partial charge in [-0.15, -0.1) is 10.2 Å². The molecule has 3 heterocycles. The average molecular weight is 405 g/mol. The monoisotopic (exact) mass is 405 g/mol. The summed E-state index contributed by atoms with van der Waals surface area (Å²) in [7, 11) is 0. The van der Waals surface area contributed by atoms with Gasteiger partial charge in [-0.3, -0.25) is 19.9 Å². The minimum atomic E-state index is -0.499. The lowest BCUT2D eigenvalue weighted by atomic mass is 10.1. The summed E-state index contributed by atoms with van der Waals surface area (Å²) in [6.07, 6.45) is 3.39. The molecule has 1 aliphatic rings. The van der Waals surface area contributed by atoms with Gasteiger partial charge in [0.25, 0.3) is 11.6 Å². The SMILES string of the molecule is O=C(c1cccc([N+](=O)[O-])c1)N1CCN(c2ccc(Nc3ccncc3)nn2)CC1. The number of hydrogen-bond acceptors (Lipinski definition) is 8. The Morgan fingerprint density at radius 1 is 1.00 bits per heavy atom. The molecule has 1 aliphatic heterocycles. The number of carbonyl (C=O) groups is 1. The van der Waals surface area contributed by atoms with Crippen molar-refractivity contribution in [2.24, 2.45) is 0 Å². The standard InChI is InChI=1S/C20H19N7O3/c28-20(15-2-1-3-17(14-15)27(29)30)26-12-10-25(11-13-26)19-5-4-18(23-24-19)22-16-6-8-21-9-7-16/h1-9,14H,10-13H2,(H,21,22,23). The Balaban J connectivity index is 1.35. The fourth-order valence-electron chi connectivity index (χ4n) is 3.22. The molecule has 2 aromatic heterocycles. The second-order valence-corrected chi connectivity index (χ2v) is 6.72. The van der Waals surface area contributed by atoms with Crippen LogP contribution < -0.4 is 10.2 Å². The molecule has 0 saturated carbocycles. The number of amides is 1. The Bertz CT molecular complexity index is 1040. The summed E-state index contributed by atoms with van der Waals surface area (Å²) in [6, 6.07) is 13.2. The fourth-order valence-corrected chi connectivity index (χ4v) is 3.22. The van der Waals surface area contributed by atoms with Crippen LogP contribution in [-0.2, 0) is 0 Å². The van der Waals surface area contributed by atoms with Gasteiger partial charge in [0.05, 0.1) is 4.92 Å². The van der Waals surface area contributed by atoms with Crippen molar-refractivity contribution in [3.8, 4) is 0 Å². The lowest BCUT2D eigenvalue weighted by molar-refractivity contribution is -0.384. The maximum atomic E-state index is 12.7. The predicted octanol–water partition coefficient (Wildman–Crippen LogP) is 2.49. The highest BCUT2D eigenvalue weighted by Gasteiger charge is 2.24. The third kappa shape index (κ3) is 4.32. The highest BCUT2D eigenvalue weighted by atomic mass is 16.6. The molecule has 1 saturated heterocycles. The Kier molecular flexibility index (Phi) is 5.46. The highest BCUT2D eigenvalue weighted by Crippen LogP contribution is 2.19. The first-order valence-electron chi connectivity index (χ1n) is 9.39. The number of rotatable bonds is 5. The summed E-state index contributed by atoms with van der Waals surface area (Å²) in [5.74, 6) is 1.16. The number of non-ortho nitro benzene ring substituents is 1.